The minimum absolute atomic E-state index is 0.254. The summed E-state index contributed by atoms with van der Waals surface area (Å²) in [5.74, 6) is 0.643. The fourth-order valence-electron chi connectivity index (χ4n) is 1.16. The fraction of sp³-hybridized carbons (Fsp3) is 0.417. The third-order valence-electron chi connectivity index (χ3n) is 2.36. The van der Waals surface area contributed by atoms with Gasteiger partial charge >= 0.3 is 0 Å². The zero-order valence-electron chi connectivity index (χ0n) is 9.91. The van der Waals surface area contributed by atoms with Gasteiger partial charge in [-0.3, -0.25) is 4.99 Å². The molecule has 0 heterocycles. The van der Waals surface area contributed by atoms with Crippen LogP contribution < -0.4 is 5.73 Å². The number of nitrogens with zero attached hydrogens (tertiary/aromatic N) is 1. The second-order valence-corrected chi connectivity index (χ2v) is 5.52. The molecule has 1 atom stereocenters. The molecule has 0 aliphatic rings. The number of hydrogen-bond donors (Lipinski definition) is 1. The van der Waals surface area contributed by atoms with Crippen LogP contribution in [0.5, 0.6) is 0 Å². The minimum atomic E-state index is 0.254. The second-order valence-electron chi connectivity index (χ2n) is 3.71. The Morgan fingerprint density at radius 3 is 2.53 bits per heavy atom. The van der Waals surface area contributed by atoms with E-state index in [4.69, 9.17) is 28.9 Å². The van der Waals surface area contributed by atoms with E-state index < -0.39 is 0 Å². The molecule has 2 N–H and O–H groups in total. The number of thioether (sulfide) groups is 1. The summed E-state index contributed by atoms with van der Waals surface area (Å²) in [6.45, 7) is 4.12. The lowest BCUT2D eigenvalue weighted by Gasteiger charge is -2.07. The molecule has 1 aromatic carbocycles. The molecule has 2 nitrogen and oxygen atoms in total. The van der Waals surface area contributed by atoms with Gasteiger partial charge in [0.1, 0.15) is 0 Å². The van der Waals surface area contributed by atoms with Crippen LogP contribution in [0.15, 0.2) is 23.2 Å². The van der Waals surface area contributed by atoms with Crippen LogP contribution in [0.1, 0.15) is 25.8 Å². The average Bonchev–Trinajstić information content (AvgIpc) is 2.28. The highest BCUT2D eigenvalue weighted by atomic mass is 35.5. The Morgan fingerprint density at radius 2 is 2.00 bits per heavy atom. The van der Waals surface area contributed by atoms with E-state index in [9.17, 15) is 0 Å². The monoisotopic (exact) mass is 290 g/mol. The van der Waals surface area contributed by atoms with E-state index >= 15 is 0 Å². The zero-order valence-corrected chi connectivity index (χ0v) is 12.2. The maximum absolute atomic E-state index is 6.07. The summed E-state index contributed by atoms with van der Waals surface area (Å²) in [5, 5.41) is 1.91. The number of hydrogen-bond acceptors (Lipinski definition) is 2. The quantitative estimate of drug-likeness (QED) is 0.662. The molecule has 0 aliphatic carbocycles. The van der Waals surface area contributed by atoms with Crippen molar-refractivity contribution in [2.75, 3.05) is 0 Å². The molecule has 0 fully saturated rings. The predicted octanol–water partition coefficient (Wildman–Crippen LogP) is 4.34. The zero-order chi connectivity index (χ0) is 12.8. The van der Waals surface area contributed by atoms with E-state index in [0.29, 0.717) is 21.0 Å². The molecule has 0 spiro atoms. The number of benzene rings is 1. The molecule has 0 saturated carbocycles. The molecule has 17 heavy (non-hydrogen) atoms. The maximum atomic E-state index is 6.07. The molecule has 0 radical (unpaired) electrons. The van der Waals surface area contributed by atoms with Gasteiger partial charge < -0.3 is 5.73 Å². The van der Waals surface area contributed by atoms with Gasteiger partial charge in [-0.15, -0.1) is 0 Å². The highest BCUT2D eigenvalue weighted by molar-refractivity contribution is 8.13. The first kappa shape index (κ1) is 14.7. The molecule has 0 aliphatic heterocycles. The van der Waals surface area contributed by atoms with Gasteiger partial charge in [0.25, 0.3) is 0 Å². The van der Waals surface area contributed by atoms with Crippen molar-refractivity contribution in [2.24, 2.45) is 10.7 Å². The summed E-state index contributed by atoms with van der Waals surface area (Å²) >= 11 is 13.6. The third-order valence-corrected chi connectivity index (χ3v) is 3.91. The average molecular weight is 291 g/mol. The van der Waals surface area contributed by atoms with Crippen LogP contribution in [0.3, 0.4) is 0 Å². The normalized spacial score (nSPS) is 13.8. The summed E-state index contributed by atoms with van der Waals surface area (Å²) in [7, 11) is 0. The molecule has 0 aromatic heterocycles. The number of amidine groups is 1. The number of nitrogens with two attached hydrogens (primary N) is 1. The molecule has 0 bridgehead atoms. The van der Waals surface area contributed by atoms with Gasteiger partial charge in [-0.25, -0.2) is 0 Å². The van der Waals surface area contributed by atoms with Gasteiger partial charge in [-0.1, -0.05) is 48.0 Å². The molecule has 5 heteroatoms. The molecule has 0 amide bonds. The van der Waals surface area contributed by atoms with E-state index in [-0.39, 0.29) is 6.04 Å². The largest absolute Gasteiger partial charge is 0.379 e. The number of aliphatic imine (C=N–C) groups is 1. The first-order valence-electron chi connectivity index (χ1n) is 5.43. The van der Waals surface area contributed by atoms with Gasteiger partial charge in [0, 0.05) is 21.8 Å². The maximum Gasteiger partial charge on any atom is 0.154 e. The molecular weight excluding hydrogens is 275 g/mol. The van der Waals surface area contributed by atoms with Crippen LogP contribution in [-0.2, 0) is 5.75 Å². The van der Waals surface area contributed by atoms with Gasteiger partial charge in [0.15, 0.2) is 5.17 Å². The van der Waals surface area contributed by atoms with Crippen molar-refractivity contribution < 1.29 is 0 Å². The highest BCUT2D eigenvalue weighted by Crippen LogP contribution is 2.28. The van der Waals surface area contributed by atoms with Crippen LogP contribution in [-0.4, -0.2) is 11.2 Å². The molecular formula is C12H16Cl2N2S. The van der Waals surface area contributed by atoms with Crippen LogP contribution in [0.2, 0.25) is 10.0 Å². The topological polar surface area (TPSA) is 38.4 Å². The smallest absolute Gasteiger partial charge is 0.154 e. The van der Waals surface area contributed by atoms with Crippen molar-refractivity contribution in [3.63, 3.8) is 0 Å². The minimum Gasteiger partial charge on any atom is -0.379 e. The van der Waals surface area contributed by atoms with Crippen LogP contribution in [0.4, 0.5) is 0 Å². The summed E-state index contributed by atoms with van der Waals surface area (Å²) in [5.41, 5.74) is 6.73. The Morgan fingerprint density at radius 1 is 1.41 bits per heavy atom. The highest BCUT2D eigenvalue weighted by Gasteiger charge is 2.07. The van der Waals surface area contributed by atoms with Crippen molar-refractivity contribution in [1.82, 2.24) is 0 Å². The van der Waals surface area contributed by atoms with E-state index in [1.165, 1.54) is 11.8 Å². The molecule has 0 unspecified atom stereocenters. The Balaban J connectivity index is 2.65. The lowest BCUT2D eigenvalue weighted by atomic mass is 10.2. The second kappa shape index (κ2) is 7.14. The summed E-state index contributed by atoms with van der Waals surface area (Å²) in [6.07, 6.45) is 0.980. The molecule has 94 valence electrons. The van der Waals surface area contributed by atoms with Gasteiger partial charge in [0.05, 0.1) is 0 Å². The Kier molecular flexibility index (Phi) is 6.17. The van der Waals surface area contributed by atoms with Crippen molar-refractivity contribution in [3.05, 3.63) is 33.8 Å². The van der Waals surface area contributed by atoms with Gasteiger partial charge in [-0.05, 0) is 31.0 Å². The Labute approximate surface area is 117 Å². The van der Waals surface area contributed by atoms with Crippen molar-refractivity contribution in [1.29, 1.82) is 0 Å². The molecule has 0 saturated heterocycles. The fourth-order valence-corrected chi connectivity index (χ4v) is 2.71. The first-order chi connectivity index (χ1) is 8.04. The van der Waals surface area contributed by atoms with Crippen molar-refractivity contribution >= 4 is 40.1 Å². The van der Waals surface area contributed by atoms with Crippen molar-refractivity contribution in [3.8, 4) is 0 Å². The first-order valence-corrected chi connectivity index (χ1v) is 7.17. The van der Waals surface area contributed by atoms with E-state index in [1.807, 2.05) is 25.1 Å². The van der Waals surface area contributed by atoms with E-state index in [1.54, 1.807) is 0 Å². The summed E-state index contributed by atoms with van der Waals surface area (Å²) in [4.78, 5) is 4.34. The lowest BCUT2D eigenvalue weighted by molar-refractivity contribution is 0.718. The molecule has 1 aromatic rings. The Bertz CT molecular complexity index is 387. The Hall–Kier alpha value is -0.380. The number of rotatable bonds is 4. The van der Waals surface area contributed by atoms with E-state index in [0.717, 1.165) is 12.0 Å². The standard InChI is InChI=1S/C12H16Cl2N2S/c1-3-8(2)16-12(15)17-7-9-10(13)5-4-6-11(9)14/h4-6,8H,3,7H2,1-2H3,(H2,15,16)/t8-/m0/s1. The van der Waals surface area contributed by atoms with Crippen molar-refractivity contribution in [2.45, 2.75) is 32.1 Å². The number of halogens is 2. The molecule has 1 rings (SSSR count). The predicted molar refractivity (Wildman–Crippen MR) is 79.1 cm³/mol. The SMILES string of the molecule is CC[C@H](C)N=C(N)SCc1c(Cl)cccc1Cl. The summed E-state index contributed by atoms with van der Waals surface area (Å²) < 4.78 is 0. The van der Waals surface area contributed by atoms with Crippen LogP contribution in [0, 0.1) is 0 Å². The van der Waals surface area contributed by atoms with Gasteiger partial charge in [0.2, 0.25) is 0 Å². The van der Waals surface area contributed by atoms with E-state index in [2.05, 4.69) is 11.9 Å². The summed E-state index contributed by atoms with van der Waals surface area (Å²) in [6, 6.07) is 5.73. The lowest BCUT2D eigenvalue weighted by Crippen LogP contribution is -2.11. The van der Waals surface area contributed by atoms with Gasteiger partial charge in [-0.2, -0.15) is 0 Å². The van der Waals surface area contributed by atoms with Crippen LogP contribution in [0.25, 0.3) is 0 Å². The van der Waals surface area contributed by atoms with Crippen LogP contribution >= 0.6 is 35.0 Å². The third kappa shape index (κ3) is 4.78.